The maximum Gasteiger partial charge on any atom is 0.134 e. The highest BCUT2D eigenvalue weighted by Gasteiger charge is 2.15. The van der Waals surface area contributed by atoms with Crippen molar-refractivity contribution in [2.24, 2.45) is 4.99 Å². The lowest BCUT2D eigenvalue weighted by molar-refractivity contribution is 0.411. The summed E-state index contributed by atoms with van der Waals surface area (Å²) in [5.41, 5.74) is 4.56. The van der Waals surface area contributed by atoms with Gasteiger partial charge in [-0.15, -0.1) is 0 Å². The topological polar surface area (TPSA) is 34.5 Å². The van der Waals surface area contributed by atoms with Crippen LogP contribution >= 0.6 is 0 Å². The Labute approximate surface area is 151 Å². The molecule has 0 amide bonds. The fourth-order valence-electron chi connectivity index (χ4n) is 3.26. The van der Waals surface area contributed by atoms with Crippen LogP contribution in [-0.2, 0) is 0 Å². The number of pyridine rings is 1. The van der Waals surface area contributed by atoms with Crippen molar-refractivity contribution in [1.29, 1.82) is 0 Å². The number of methoxy groups -OCH3 is 1. The Morgan fingerprint density at radius 3 is 2.88 bits per heavy atom. The fourth-order valence-corrected chi connectivity index (χ4v) is 3.26. The summed E-state index contributed by atoms with van der Waals surface area (Å²) in [5, 5.41) is 1.08. The van der Waals surface area contributed by atoms with Gasteiger partial charge in [0.05, 0.1) is 18.3 Å². The number of nitrogens with zero attached hydrogens (tertiary/aromatic N) is 2. The van der Waals surface area contributed by atoms with E-state index in [0.717, 1.165) is 47.1 Å². The molecule has 1 aliphatic rings. The smallest absolute Gasteiger partial charge is 0.134 e. The number of fused-ring (bicyclic) bond motifs is 1. The maximum atomic E-state index is 14.4. The molecule has 0 atom stereocenters. The molecule has 26 heavy (non-hydrogen) atoms. The first-order chi connectivity index (χ1) is 12.7. The van der Waals surface area contributed by atoms with E-state index in [-0.39, 0.29) is 5.82 Å². The molecule has 0 unspecified atom stereocenters. The van der Waals surface area contributed by atoms with Gasteiger partial charge in [0.25, 0.3) is 0 Å². The van der Waals surface area contributed by atoms with Crippen LogP contribution in [0.3, 0.4) is 0 Å². The number of hydrogen-bond donors (Lipinski definition) is 0. The lowest BCUT2D eigenvalue weighted by Crippen LogP contribution is -2.12. The van der Waals surface area contributed by atoms with E-state index >= 15 is 0 Å². The van der Waals surface area contributed by atoms with Crippen molar-refractivity contribution in [3.05, 3.63) is 77.2 Å². The largest absolute Gasteiger partial charge is 0.497 e. The summed E-state index contributed by atoms with van der Waals surface area (Å²) in [6.45, 7) is 0.794. The van der Waals surface area contributed by atoms with Gasteiger partial charge in [-0.25, -0.2) is 4.39 Å². The van der Waals surface area contributed by atoms with Crippen LogP contribution in [0.15, 0.2) is 65.3 Å². The van der Waals surface area contributed by atoms with E-state index < -0.39 is 0 Å². The zero-order valence-corrected chi connectivity index (χ0v) is 14.6. The highest BCUT2D eigenvalue weighted by atomic mass is 19.1. The van der Waals surface area contributed by atoms with Crippen LogP contribution in [0.4, 0.5) is 4.39 Å². The number of rotatable bonds is 3. The molecule has 4 heteroatoms. The van der Waals surface area contributed by atoms with Crippen molar-refractivity contribution in [3.63, 3.8) is 0 Å². The van der Waals surface area contributed by atoms with Crippen LogP contribution in [0.5, 0.6) is 5.75 Å². The van der Waals surface area contributed by atoms with E-state index in [4.69, 9.17) is 9.73 Å². The highest BCUT2D eigenvalue weighted by Crippen LogP contribution is 2.26. The van der Waals surface area contributed by atoms with E-state index in [2.05, 4.69) is 11.1 Å². The minimum Gasteiger partial charge on any atom is -0.497 e. The second-order valence-electron chi connectivity index (χ2n) is 6.30. The first kappa shape index (κ1) is 16.5. The lowest BCUT2D eigenvalue weighted by Gasteiger charge is -2.17. The molecular formula is C22H19FN2O. The molecule has 0 saturated heterocycles. The predicted octanol–water partition coefficient (Wildman–Crippen LogP) is 5.05. The van der Waals surface area contributed by atoms with Gasteiger partial charge in [-0.05, 0) is 54.8 Å². The fraction of sp³-hybridized carbons (Fsp3) is 0.182. The summed E-state index contributed by atoms with van der Waals surface area (Å²) < 4.78 is 19.4. The molecule has 0 radical (unpaired) electrons. The Kier molecular flexibility index (Phi) is 4.48. The molecule has 2 aromatic carbocycles. The number of halogens is 1. The van der Waals surface area contributed by atoms with Gasteiger partial charge in [-0.2, -0.15) is 0 Å². The molecule has 1 aliphatic heterocycles. The molecule has 130 valence electrons. The second kappa shape index (κ2) is 7.08. The Morgan fingerprint density at radius 1 is 1.12 bits per heavy atom. The van der Waals surface area contributed by atoms with Crippen molar-refractivity contribution >= 4 is 22.7 Å². The molecule has 2 heterocycles. The van der Waals surface area contributed by atoms with E-state index in [1.54, 1.807) is 18.3 Å². The van der Waals surface area contributed by atoms with Crippen molar-refractivity contribution in [2.45, 2.75) is 12.8 Å². The molecule has 0 bridgehead atoms. The van der Waals surface area contributed by atoms with Crippen molar-refractivity contribution < 1.29 is 9.13 Å². The van der Waals surface area contributed by atoms with Crippen LogP contribution in [-0.4, -0.2) is 24.4 Å². The maximum absolute atomic E-state index is 14.4. The summed E-state index contributed by atoms with van der Waals surface area (Å²) >= 11 is 0. The molecular weight excluding hydrogens is 327 g/mol. The lowest BCUT2D eigenvalue weighted by atomic mass is 9.93. The van der Waals surface area contributed by atoms with Gasteiger partial charge in [0, 0.05) is 35.3 Å². The minimum atomic E-state index is -0.288. The normalized spacial score (nSPS) is 15.9. The monoisotopic (exact) mass is 346 g/mol. The van der Waals surface area contributed by atoms with Gasteiger partial charge in [-0.3, -0.25) is 9.98 Å². The molecule has 1 aromatic heterocycles. The number of allylic oxidation sites excluding steroid dienone is 1. The summed E-state index contributed by atoms with van der Waals surface area (Å²) in [6.07, 6.45) is 5.55. The van der Waals surface area contributed by atoms with Crippen molar-refractivity contribution in [1.82, 2.24) is 4.98 Å². The van der Waals surface area contributed by atoms with E-state index in [0.29, 0.717) is 11.3 Å². The SMILES string of the molecule is COc1ccc(C=C2CCCN=C2c2ccc3ncccc3c2)c(F)c1. The molecule has 0 saturated carbocycles. The molecule has 0 spiro atoms. The van der Waals surface area contributed by atoms with Crippen LogP contribution in [0.25, 0.3) is 17.0 Å². The van der Waals surface area contributed by atoms with E-state index in [1.807, 2.05) is 30.3 Å². The van der Waals surface area contributed by atoms with Gasteiger partial charge >= 0.3 is 0 Å². The first-order valence-electron chi connectivity index (χ1n) is 8.69. The number of hydrogen-bond acceptors (Lipinski definition) is 3. The minimum absolute atomic E-state index is 0.288. The highest BCUT2D eigenvalue weighted by molar-refractivity contribution is 6.16. The second-order valence-corrected chi connectivity index (χ2v) is 6.30. The zero-order chi connectivity index (χ0) is 17.9. The number of aromatic nitrogens is 1. The molecule has 4 rings (SSSR count). The Morgan fingerprint density at radius 2 is 2.04 bits per heavy atom. The van der Waals surface area contributed by atoms with E-state index in [1.165, 1.54) is 13.2 Å². The Bertz CT molecular complexity index is 1020. The molecule has 0 fully saturated rings. The summed E-state index contributed by atoms with van der Waals surface area (Å²) in [4.78, 5) is 9.09. The van der Waals surface area contributed by atoms with Gasteiger partial charge in [-0.1, -0.05) is 12.1 Å². The standard InChI is InChI=1S/C22H19FN2O/c1-26-19-8-6-15(20(23)14-19)12-17-5-3-11-25-22(17)18-7-9-21-16(13-18)4-2-10-24-21/h2,4,6-10,12-14H,3,5,11H2,1H3. The number of ether oxygens (including phenoxy) is 1. The van der Waals surface area contributed by atoms with Crippen LogP contribution < -0.4 is 4.74 Å². The Balaban J connectivity index is 1.75. The van der Waals surface area contributed by atoms with Gasteiger partial charge in [0.15, 0.2) is 0 Å². The Hall–Kier alpha value is -3.01. The summed E-state index contributed by atoms with van der Waals surface area (Å²) in [7, 11) is 1.54. The number of aliphatic imine (C=N–C) groups is 1. The molecule has 3 nitrogen and oxygen atoms in total. The predicted molar refractivity (Wildman–Crippen MR) is 103 cm³/mol. The van der Waals surface area contributed by atoms with Gasteiger partial charge in [0.2, 0.25) is 0 Å². The third kappa shape index (κ3) is 3.23. The third-order valence-corrected chi connectivity index (χ3v) is 4.59. The van der Waals surface area contributed by atoms with Crippen molar-refractivity contribution in [3.8, 4) is 5.75 Å². The van der Waals surface area contributed by atoms with Crippen LogP contribution in [0, 0.1) is 5.82 Å². The van der Waals surface area contributed by atoms with Gasteiger partial charge in [0.1, 0.15) is 11.6 Å². The van der Waals surface area contributed by atoms with Crippen LogP contribution in [0.1, 0.15) is 24.0 Å². The molecule has 0 aliphatic carbocycles. The molecule has 0 N–H and O–H groups in total. The van der Waals surface area contributed by atoms with Crippen LogP contribution in [0.2, 0.25) is 0 Å². The summed E-state index contributed by atoms with van der Waals surface area (Å²) in [5.74, 6) is 0.230. The molecule has 3 aromatic rings. The van der Waals surface area contributed by atoms with E-state index in [9.17, 15) is 4.39 Å². The first-order valence-corrected chi connectivity index (χ1v) is 8.69. The average molecular weight is 346 g/mol. The average Bonchev–Trinajstić information content (AvgIpc) is 2.69. The summed E-state index contributed by atoms with van der Waals surface area (Å²) in [6, 6.07) is 15.1. The quantitative estimate of drug-likeness (QED) is 0.665. The number of benzene rings is 2. The third-order valence-electron chi connectivity index (χ3n) is 4.59. The van der Waals surface area contributed by atoms with Gasteiger partial charge < -0.3 is 4.74 Å². The van der Waals surface area contributed by atoms with Crippen molar-refractivity contribution in [2.75, 3.05) is 13.7 Å². The zero-order valence-electron chi connectivity index (χ0n) is 14.6.